The molecule has 32 heavy (non-hydrogen) atoms. The fourth-order valence-corrected chi connectivity index (χ4v) is 5.02. The maximum atomic E-state index is 13.3. The number of anilines is 1. The Morgan fingerprint density at radius 2 is 1.66 bits per heavy atom. The van der Waals surface area contributed by atoms with Crippen LogP contribution in [0.25, 0.3) is 0 Å². The van der Waals surface area contributed by atoms with Crippen molar-refractivity contribution in [1.29, 1.82) is 0 Å². The van der Waals surface area contributed by atoms with Crippen LogP contribution in [0.2, 0.25) is 0 Å². The van der Waals surface area contributed by atoms with Crippen molar-refractivity contribution in [3.05, 3.63) is 101 Å². The average Bonchev–Trinajstić information content (AvgIpc) is 2.83. The second-order valence-electron chi connectivity index (χ2n) is 8.77. The zero-order valence-corrected chi connectivity index (χ0v) is 18.1. The van der Waals surface area contributed by atoms with Crippen molar-refractivity contribution in [3.63, 3.8) is 0 Å². The molecule has 0 spiro atoms. The first-order valence-corrected chi connectivity index (χ1v) is 11.3. The van der Waals surface area contributed by atoms with E-state index in [-0.39, 0.29) is 23.7 Å². The fraction of sp³-hybridized carbons (Fsp3) is 0.296. The molecule has 1 saturated heterocycles. The molecule has 2 aliphatic heterocycles. The third-order valence-corrected chi connectivity index (χ3v) is 6.67. The number of halogens is 1. The highest BCUT2D eigenvalue weighted by atomic mass is 19.1. The lowest BCUT2D eigenvalue weighted by molar-refractivity contribution is -0.126. The number of amides is 1. The van der Waals surface area contributed by atoms with E-state index >= 15 is 0 Å². The molecule has 3 aromatic rings. The number of benzene rings is 3. The van der Waals surface area contributed by atoms with Gasteiger partial charge < -0.3 is 10.2 Å². The molecule has 5 rings (SSSR count). The molecule has 1 fully saturated rings. The highest BCUT2D eigenvalue weighted by molar-refractivity contribution is 5.82. The van der Waals surface area contributed by atoms with Gasteiger partial charge in [0.1, 0.15) is 5.82 Å². The van der Waals surface area contributed by atoms with Gasteiger partial charge in [0, 0.05) is 38.4 Å². The van der Waals surface area contributed by atoms with Gasteiger partial charge in [0.15, 0.2) is 0 Å². The Balaban J connectivity index is 1.34. The van der Waals surface area contributed by atoms with Crippen LogP contribution in [0, 0.1) is 11.7 Å². The summed E-state index contributed by atoms with van der Waals surface area (Å²) in [7, 11) is 0. The molecule has 164 valence electrons. The van der Waals surface area contributed by atoms with Crippen molar-refractivity contribution in [2.75, 3.05) is 24.5 Å². The van der Waals surface area contributed by atoms with E-state index in [2.05, 4.69) is 63.6 Å². The molecule has 1 N–H and O–H groups in total. The van der Waals surface area contributed by atoms with E-state index in [9.17, 15) is 9.18 Å². The Bertz CT molecular complexity index is 1070. The van der Waals surface area contributed by atoms with Crippen LogP contribution in [-0.2, 0) is 24.3 Å². The van der Waals surface area contributed by atoms with Crippen LogP contribution in [-0.4, -0.2) is 36.5 Å². The largest absolute Gasteiger partial charge is 0.365 e. The summed E-state index contributed by atoms with van der Waals surface area (Å²) in [6.07, 6.45) is 0.742. The van der Waals surface area contributed by atoms with E-state index in [1.807, 2.05) is 6.07 Å². The van der Waals surface area contributed by atoms with Gasteiger partial charge in [0.05, 0.1) is 12.0 Å². The number of fused-ring (bicyclic) bond motifs is 3. The number of rotatable bonds is 5. The molecule has 4 nitrogen and oxygen atoms in total. The number of carbonyl (C=O) groups is 1. The maximum absolute atomic E-state index is 13.3. The van der Waals surface area contributed by atoms with Crippen LogP contribution in [0.4, 0.5) is 10.1 Å². The van der Waals surface area contributed by atoms with Crippen LogP contribution >= 0.6 is 0 Å². The van der Waals surface area contributed by atoms with Gasteiger partial charge in [0.2, 0.25) is 5.91 Å². The van der Waals surface area contributed by atoms with E-state index in [1.165, 1.54) is 28.9 Å². The van der Waals surface area contributed by atoms with Gasteiger partial charge in [-0.05, 0) is 41.3 Å². The van der Waals surface area contributed by atoms with Gasteiger partial charge in [0.25, 0.3) is 0 Å². The van der Waals surface area contributed by atoms with Crippen molar-refractivity contribution in [3.8, 4) is 0 Å². The summed E-state index contributed by atoms with van der Waals surface area (Å²) in [4.78, 5) is 18.2. The van der Waals surface area contributed by atoms with Gasteiger partial charge >= 0.3 is 0 Å². The van der Waals surface area contributed by atoms with Crippen LogP contribution < -0.4 is 10.2 Å². The second-order valence-corrected chi connectivity index (χ2v) is 8.77. The van der Waals surface area contributed by atoms with Crippen LogP contribution in [0.15, 0.2) is 78.9 Å². The molecule has 1 amide bonds. The van der Waals surface area contributed by atoms with E-state index in [0.29, 0.717) is 6.54 Å². The highest BCUT2D eigenvalue weighted by Crippen LogP contribution is 2.36. The first-order chi connectivity index (χ1) is 15.7. The van der Waals surface area contributed by atoms with Crippen molar-refractivity contribution >= 4 is 11.6 Å². The predicted octanol–water partition coefficient (Wildman–Crippen LogP) is 4.01. The van der Waals surface area contributed by atoms with E-state index in [4.69, 9.17) is 0 Å². The quantitative estimate of drug-likeness (QED) is 0.666. The Labute approximate surface area is 188 Å². The van der Waals surface area contributed by atoms with Gasteiger partial charge in [-0.25, -0.2) is 4.39 Å². The van der Waals surface area contributed by atoms with Crippen molar-refractivity contribution < 1.29 is 9.18 Å². The molecular weight excluding hydrogens is 401 g/mol. The molecule has 0 saturated carbocycles. The first-order valence-electron chi connectivity index (χ1n) is 11.3. The highest BCUT2D eigenvalue weighted by Gasteiger charge is 2.41. The molecule has 5 heteroatoms. The van der Waals surface area contributed by atoms with Gasteiger partial charge in [-0.15, -0.1) is 0 Å². The minimum absolute atomic E-state index is 0.0698. The molecule has 2 heterocycles. The maximum Gasteiger partial charge on any atom is 0.225 e. The van der Waals surface area contributed by atoms with Crippen molar-refractivity contribution in [2.24, 2.45) is 5.92 Å². The molecule has 3 aromatic carbocycles. The lowest BCUT2D eigenvalue weighted by Gasteiger charge is -2.49. The molecule has 0 bridgehead atoms. The monoisotopic (exact) mass is 429 g/mol. The summed E-state index contributed by atoms with van der Waals surface area (Å²) >= 11 is 0. The third kappa shape index (κ3) is 4.39. The number of hydrogen-bond acceptors (Lipinski definition) is 3. The van der Waals surface area contributed by atoms with Gasteiger partial charge in [-0.3, -0.25) is 9.69 Å². The Hall–Kier alpha value is -3.18. The SMILES string of the molecule is O=C(NCc1ccc(F)cc1)[C@@H]1Cc2ccccc2N2CCN(Cc3ccccc3)C[C@@H]12. The molecule has 0 aliphatic carbocycles. The zero-order valence-electron chi connectivity index (χ0n) is 18.1. The van der Waals surface area contributed by atoms with Crippen molar-refractivity contribution in [1.82, 2.24) is 10.2 Å². The molecule has 0 unspecified atom stereocenters. The number of hydrogen-bond donors (Lipinski definition) is 1. The van der Waals surface area contributed by atoms with E-state index < -0.39 is 0 Å². The normalized spacial score (nSPS) is 20.3. The lowest BCUT2D eigenvalue weighted by atomic mass is 9.83. The minimum Gasteiger partial charge on any atom is -0.365 e. The Morgan fingerprint density at radius 1 is 0.906 bits per heavy atom. The molecule has 2 atom stereocenters. The molecule has 0 radical (unpaired) electrons. The summed E-state index contributed by atoms with van der Waals surface area (Å²) in [5, 5.41) is 3.11. The minimum atomic E-state index is -0.264. The van der Waals surface area contributed by atoms with Crippen LogP contribution in [0.1, 0.15) is 16.7 Å². The lowest BCUT2D eigenvalue weighted by Crippen LogP contribution is -2.60. The number of piperazine rings is 1. The van der Waals surface area contributed by atoms with Crippen molar-refractivity contribution in [2.45, 2.75) is 25.6 Å². The topological polar surface area (TPSA) is 35.6 Å². The van der Waals surface area contributed by atoms with Crippen LogP contribution in [0.3, 0.4) is 0 Å². The molecule has 0 aromatic heterocycles. The zero-order chi connectivity index (χ0) is 21.9. The number of para-hydroxylation sites is 1. The average molecular weight is 430 g/mol. The van der Waals surface area contributed by atoms with Gasteiger partial charge in [-0.2, -0.15) is 0 Å². The summed E-state index contributed by atoms with van der Waals surface area (Å²) in [6, 6.07) is 25.4. The molecular formula is C27H28FN3O. The predicted molar refractivity (Wildman–Crippen MR) is 125 cm³/mol. The standard InChI is InChI=1S/C27H28FN3O/c28-23-12-10-20(11-13-23)17-29-27(32)24-16-22-8-4-5-9-25(22)31-15-14-30(19-26(24)31)18-21-6-2-1-3-7-21/h1-13,24,26H,14-19H2,(H,29,32)/t24-,26+/m1/s1. The van der Waals surface area contributed by atoms with Gasteiger partial charge in [-0.1, -0.05) is 60.7 Å². The summed E-state index contributed by atoms with van der Waals surface area (Å²) in [5.74, 6) is -0.315. The number of nitrogens with one attached hydrogen (secondary N) is 1. The summed E-state index contributed by atoms with van der Waals surface area (Å²) in [5.41, 5.74) is 4.71. The third-order valence-electron chi connectivity index (χ3n) is 6.67. The van der Waals surface area contributed by atoms with Crippen LogP contribution in [0.5, 0.6) is 0 Å². The smallest absolute Gasteiger partial charge is 0.225 e. The Morgan fingerprint density at radius 3 is 2.47 bits per heavy atom. The molecule has 2 aliphatic rings. The Kier molecular flexibility index (Phi) is 5.91. The second kappa shape index (κ2) is 9.13. The van der Waals surface area contributed by atoms with E-state index in [0.717, 1.165) is 38.2 Å². The summed E-state index contributed by atoms with van der Waals surface area (Å²) < 4.78 is 13.2. The number of nitrogens with zero attached hydrogens (tertiary/aromatic N) is 2. The van der Waals surface area contributed by atoms with E-state index in [1.54, 1.807) is 12.1 Å². The number of carbonyl (C=O) groups excluding carboxylic acids is 1. The first kappa shape index (κ1) is 20.7. The fourth-order valence-electron chi connectivity index (χ4n) is 5.02. The summed E-state index contributed by atoms with van der Waals surface area (Å²) in [6.45, 7) is 4.06.